The van der Waals surface area contributed by atoms with Crippen LogP contribution in [0.5, 0.6) is 5.75 Å². The Labute approximate surface area is 118 Å². The van der Waals surface area contributed by atoms with Gasteiger partial charge >= 0.3 is 0 Å². The van der Waals surface area contributed by atoms with Gasteiger partial charge < -0.3 is 10.5 Å². The van der Waals surface area contributed by atoms with E-state index in [0.29, 0.717) is 12.5 Å². The molecule has 4 heteroatoms. The molecular formula is C15H20N2OS. The van der Waals surface area contributed by atoms with Crippen molar-refractivity contribution in [3.8, 4) is 5.75 Å². The summed E-state index contributed by atoms with van der Waals surface area (Å²) in [6, 6.07) is 8.16. The minimum atomic E-state index is 0.297. The smallest absolute Gasteiger partial charge is 0.118 e. The van der Waals surface area contributed by atoms with Crippen LogP contribution in [-0.2, 0) is 6.42 Å². The van der Waals surface area contributed by atoms with Gasteiger partial charge in [0.05, 0.1) is 17.8 Å². The summed E-state index contributed by atoms with van der Waals surface area (Å²) in [6.07, 6.45) is 0.923. The van der Waals surface area contributed by atoms with Crippen LogP contribution in [0.4, 0.5) is 0 Å². The van der Waals surface area contributed by atoms with Crippen molar-refractivity contribution in [2.24, 2.45) is 5.73 Å². The Morgan fingerprint density at radius 3 is 2.42 bits per heavy atom. The van der Waals surface area contributed by atoms with Crippen LogP contribution in [0.2, 0.25) is 0 Å². The Bertz CT molecular complexity index is 514. The maximum atomic E-state index is 5.91. The number of methoxy groups -OCH3 is 1. The second kappa shape index (κ2) is 6.17. The van der Waals surface area contributed by atoms with Crippen LogP contribution in [-0.4, -0.2) is 18.6 Å². The van der Waals surface area contributed by atoms with Crippen molar-refractivity contribution >= 4 is 11.3 Å². The first kappa shape index (κ1) is 14.0. The second-order valence-electron chi connectivity index (χ2n) is 4.68. The highest BCUT2D eigenvalue weighted by atomic mass is 32.1. The van der Waals surface area contributed by atoms with E-state index in [2.05, 4.69) is 31.0 Å². The molecule has 2 N–H and O–H groups in total. The van der Waals surface area contributed by atoms with Gasteiger partial charge in [-0.05, 0) is 38.0 Å². The van der Waals surface area contributed by atoms with Crippen molar-refractivity contribution in [2.75, 3.05) is 13.7 Å². The minimum absolute atomic E-state index is 0.297. The number of aromatic nitrogens is 1. The average molecular weight is 276 g/mol. The van der Waals surface area contributed by atoms with Crippen molar-refractivity contribution in [1.29, 1.82) is 0 Å². The van der Waals surface area contributed by atoms with Gasteiger partial charge in [-0.1, -0.05) is 12.1 Å². The van der Waals surface area contributed by atoms with Crippen LogP contribution in [0.3, 0.4) is 0 Å². The third-order valence-corrected chi connectivity index (χ3v) is 4.56. The standard InChI is InChI=1S/C15H20N2OS/c1-10-11(2)19-15(17-10)13(9-16)8-12-4-6-14(18-3)7-5-12/h4-7,13H,8-9,16H2,1-3H3. The highest BCUT2D eigenvalue weighted by Crippen LogP contribution is 2.27. The molecule has 1 unspecified atom stereocenters. The van der Waals surface area contributed by atoms with Crippen LogP contribution in [0.15, 0.2) is 24.3 Å². The molecule has 0 aliphatic carbocycles. The SMILES string of the molecule is COc1ccc(CC(CN)c2nc(C)c(C)s2)cc1. The van der Waals surface area contributed by atoms with E-state index in [4.69, 9.17) is 10.5 Å². The molecule has 1 aromatic carbocycles. The summed E-state index contributed by atoms with van der Waals surface area (Å²) in [5.41, 5.74) is 8.29. The number of aryl methyl sites for hydroxylation is 2. The Balaban J connectivity index is 2.13. The molecule has 3 nitrogen and oxygen atoms in total. The molecule has 0 spiro atoms. The Hall–Kier alpha value is -1.39. The van der Waals surface area contributed by atoms with Crippen LogP contribution >= 0.6 is 11.3 Å². The van der Waals surface area contributed by atoms with Crippen LogP contribution in [0.25, 0.3) is 0 Å². The molecule has 2 aromatic rings. The summed E-state index contributed by atoms with van der Waals surface area (Å²) < 4.78 is 5.17. The third kappa shape index (κ3) is 3.33. The molecule has 0 aliphatic rings. The molecule has 19 heavy (non-hydrogen) atoms. The second-order valence-corrected chi connectivity index (χ2v) is 5.91. The first-order valence-corrected chi connectivity index (χ1v) is 7.22. The fraction of sp³-hybridized carbons (Fsp3) is 0.400. The lowest BCUT2D eigenvalue weighted by Gasteiger charge is -2.12. The van der Waals surface area contributed by atoms with Gasteiger partial charge in [0.1, 0.15) is 5.75 Å². The number of rotatable bonds is 5. The number of hydrogen-bond donors (Lipinski definition) is 1. The highest BCUT2D eigenvalue weighted by molar-refractivity contribution is 7.11. The Morgan fingerprint density at radius 2 is 1.95 bits per heavy atom. The zero-order valence-corrected chi connectivity index (χ0v) is 12.5. The van der Waals surface area contributed by atoms with E-state index in [0.717, 1.165) is 22.9 Å². The van der Waals surface area contributed by atoms with E-state index in [1.165, 1.54) is 10.4 Å². The van der Waals surface area contributed by atoms with Crippen molar-refractivity contribution in [1.82, 2.24) is 4.98 Å². The van der Waals surface area contributed by atoms with Crippen molar-refractivity contribution in [3.05, 3.63) is 45.4 Å². The summed E-state index contributed by atoms with van der Waals surface area (Å²) >= 11 is 1.76. The third-order valence-electron chi connectivity index (χ3n) is 3.32. The maximum absolute atomic E-state index is 5.91. The van der Waals surface area contributed by atoms with Gasteiger partial charge in [-0.15, -0.1) is 11.3 Å². The van der Waals surface area contributed by atoms with Gasteiger partial charge in [-0.3, -0.25) is 0 Å². The summed E-state index contributed by atoms with van der Waals surface area (Å²) in [5, 5.41) is 1.15. The summed E-state index contributed by atoms with van der Waals surface area (Å²) in [6.45, 7) is 4.78. The van der Waals surface area contributed by atoms with Crippen molar-refractivity contribution in [3.63, 3.8) is 0 Å². The fourth-order valence-electron chi connectivity index (χ4n) is 1.99. The summed E-state index contributed by atoms with van der Waals surface area (Å²) in [5.74, 6) is 1.18. The molecular weight excluding hydrogens is 256 g/mol. The average Bonchev–Trinajstić information content (AvgIpc) is 2.76. The quantitative estimate of drug-likeness (QED) is 0.913. The number of nitrogens with two attached hydrogens (primary N) is 1. The van der Waals surface area contributed by atoms with E-state index in [1.807, 2.05) is 12.1 Å². The van der Waals surface area contributed by atoms with Gasteiger partial charge in [0.15, 0.2) is 0 Å². The predicted octanol–water partition coefficient (Wildman–Crippen LogP) is 3.05. The number of thiazole rings is 1. The van der Waals surface area contributed by atoms with Crippen molar-refractivity contribution < 1.29 is 4.74 Å². The maximum Gasteiger partial charge on any atom is 0.118 e. The molecule has 1 atom stereocenters. The molecule has 0 amide bonds. The molecule has 0 bridgehead atoms. The molecule has 0 radical (unpaired) electrons. The fourth-order valence-corrected chi connectivity index (χ4v) is 3.03. The topological polar surface area (TPSA) is 48.1 Å². The molecule has 1 aromatic heterocycles. The van der Waals surface area contributed by atoms with Gasteiger partial charge in [-0.25, -0.2) is 4.98 Å². The summed E-state index contributed by atoms with van der Waals surface area (Å²) in [7, 11) is 1.68. The Morgan fingerprint density at radius 1 is 1.26 bits per heavy atom. The van der Waals surface area contributed by atoms with Gasteiger partial charge in [-0.2, -0.15) is 0 Å². The zero-order valence-electron chi connectivity index (χ0n) is 11.6. The lowest BCUT2D eigenvalue weighted by Crippen LogP contribution is -2.14. The molecule has 1 heterocycles. The molecule has 2 rings (SSSR count). The lowest BCUT2D eigenvalue weighted by atomic mass is 10.00. The van der Waals surface area contributed by atoms with Crippen LogP contribution in [0.1, 0.15) is 27.1 Å². The van der Waals surface area contributed by atoms with Gasteiger partial charge in [0, 0.05) is 17.3 Å². The van der Waals surface area contributed by atoms with Crippen LogP contribution in [0, 0.1) is 13.8 Å². The van der Waals surface area contributed by atoms with E-state index in [1.54, 1.807) is 18.4 Å². The van der Waals surface area contributed by atoms with E-state index < -0.39 is 0 Å². The first-order valence-electron chi connectivity index (χ1n) is 6.41. The van der Waals surface area contributed by atoms with Crippen LogP contribution < -0.4 is 10.5 Å². The summed E-state index contributed by atoms with van der Waals surface area (Å²) in [4.78, 5) is 5.91. The van der Waals surface area contributed by atoms with E-state index in [-0.39, 0.29) is 0 Å². The molecule has 0 saturated carbocycles. The Kier molecular flexibility index (Phi) is 4.56. The number of hydrogen-bond acceptors (Lipinski definition) is 4. The normalized spacial score (nSPS) is 12.4. The first-order chi connectivity index (χ1) is 9.13. The number of nitrogens with zero attached hydrogens (tertiary/aromatic N) is 1. The largest absolute Gasteiger partial charge is 0.497 e. The van der Waals surface area contributed by atoms with E-state index >= 15 is 0 Å². The monoisotopic (exact) mass is 276 g/mol. The minimum Gasteiger partial charge on any atom is -0.497 e. The van der Waals surface area contributed by atoms with Gasteiger partial charge in [0.2, 0.25) is 0 Å². The predicted molar refractivity (Wildman–Crippen MR) is 80.1 cm³/mol. The molecule has 0 aliphatic heterocycles. The number of benzene rings is 1. The molecule has 0 fully saturated rings. The number of ether oxygens (including phenoxy) is 1. The highest BCUT2D eigenvalue weighted by Gasteiger charge is 2.15. The lowest BCUT2D eigenvalue weighted by molar-refractivity contribution is 0.414. The van der Waals surface area contributed by atoms with E-state index in [9.17, 15) is 0 Å². The zero-order chi connectivity index (χ0) is 13.8. The van der Waals surface area contributed by atoms with Gasteiger partial charge in [0.25, 0.3) is 0 Å². The van der Waals surface area contributed by atoms with Crippen molar-refractivity contribution in [2.45, 2.75) is 26.2 Å². The molecule has 0 saturated heterocycles. The molecule has 102 valence electrons.